The highest BCUT2D eigenvalue weighted by Gasteiger charge is 2.13. The van der Waals surface area contributed by atoms with Crippen LogP contribution >= 0.6 is 11.8 Å². The average molecular weight is 271 g/mol. The van der Waals surface area contributed by atoms with E-state index in [0.29, 0.717) is 11.3 Å². The second-order valence-electron chi connectivity index (χ2n) is 3.80. The van der Waals surface area contributed by atoms with Crippen molar-refractivity contribution in [3.8, 4) is 0 Å². The predicted octanol–water partition coefficient (Wildman–Crippen LogP) is 2.28. The Morgan fingerprint density at radius 1 is 1.50 bits per heavy atom. The van der Waals surface area contributed by atoms with Crippen molar-refractivity contribution in [2.45, 2.75) is 19.1 Å². The fraction of sp³-hybridized carbons (Fsp3) is 0.333. The topological polar surface area (TPSA) is 66.4 Å². The number of aliphatic carboxylic acids is 1. The van der Waals surface area contributed by atoms with Crippen LogP contribution < -0.4 is 5.32 Å². The first-order chi connectivity index (χ1) is 8.40. The zero-order chi connectivity index (χ0) is 13.7. The molecule has 0 bridgehead atoms. The molecule has 0 fully saturated rings. The van der Waals surface area contributed by atoms with Gasteiger partial charge in [-0.1, -0.05) is 6.07 Å². The second-order valence-corrected chi connectivity index (χ2v) is 5.13. The minimum atomic E-state index is -0.964. The van der Waals surface area contributed by atoms with E-state index >= 15 is 0 Å². The molecule has 0 aliphatic heterocycles. The number of benzene rings is 1. The molecule has 1 amide bonds. The number of aryl methyl sites for hydroxylation is 1. The number of thioether (sulfide) groups is 1. The van der Waals surface area contributed by atoms with E-state index < -0.39 is 11.2 Å². The summed E-state index contributed by atoms with van der Waals surface area (Å²) in [5.74, 6) is -1.69. The predicted molar refractivity (Wildman–Crippen MR) is 69.3 cm³/mol. The number of carbonyl (C=O) groups is 2. The Bertz CT molecular complexity index is 465. The van der Waals surface area contributed by atoms with Crippen molar-refractivity contribution >= 4 is 29.3 Å². The Balaban J connectivity index is 2.49. The Morgan fingerprint density at radius 2 is 2.17 bits per heavy atom. The number of nitrogens with one attached hydrogen (secondary N) is 1. The number of carboxylic acid groups (broad SMARTS) is 1. The third kappa shape index (κ3) is 4.37. The van der Waals surface area contributed by atoms with Gasteiger partial charge in [0.2, 0.25) is 5.91 Å². The molecule has 0 heterocycles. The molecule has 4 nitrogen and oxygen atoms in total. The lowest BCUT2D eigenvalue weighted by molar-refractivity contribution is -0.136. The molecule has 0 aromatic heterocycles. The maximum Gasteiger partial charge on any atom is 0.316 e. The minimum Gasteiger partial charge on any atom is -0.480 e. The molecule has 0 spiro atoms. The van der Waals surface area contributed by atoms with Crippen molar-refractivity contribution < 1.29 is 19.1 Å². The summed E-state index contributed by atoms with van der Waals surface area (Å²) < 4.78 is 13.2. The van der Waals surface area contributed by atoms with Crippen LogP contribution in [0.25, 0.3) is 0 Å². The lowest BCUT2D eigenvalue weighted by Crippen LogP contribution is -2.19. The first kappa shape index (κ1) is 14.5. The molecule has 1 rings (SSSR count). The Hall–Kier alpha value is -1.56. The number of rotatable bonds is 5. The van der Waals surface area contributed by atoms with Crippen LogP contribution in [0.4, 0.5) is 10.1 Å². The van der Waals surface area contributed by atoms with Crippen molar-refractivity contribution in [2.24, 2.45) is 0 Å². The van der Waals surface area contributed by atoms with Gasteiger partial charge in [0, 0.05) is 5.69 Å². The molecule has 6 heteroatoms. The third-order valence-corrected chi connectivity index (χ3v) is 3.40. The largest absolute Gasteiger partial charge is 0.480 e. The fourth-order valence-corrected chi connectivity index (χ4v) is 1.76. The van der Waals surface area contributed by atoms with Crippen LogP contribution in [0.3, 0.4) is 0 Å². The van der Waals surface area contributed by atoms with Crippen molar-refractivity contribution in [3.05, 3.63) is 29.6 Å². The highest BCUT2D eigenvalue weighted by Crippen LogP contribution is 2.15. The summed E-state index contributed by atoms with van der Waals surface area (Å²) in [5, 5.41) is 10.5. The Morgan fingerprint density at radius 3 is 2.72 bits per heavy atom. The monoisotopic (exact) mass is 271 g/mol. The maximum atomic E-state index is 13.2. The lowest BCUT2D eigenvalue weighted by atomic mass is 10.2. The number of anilines is 1. The van der Waals surface area contributed by atoms with E-state index in [1.165, 1.54) is 13.0 Å². The molecule has 0 aliphatic carbocycles. The molecule has 2 N–H and O–H groups in total. The van der Waals surface area contributed by atoms with Gasteiger partial charge in [0.1, 0.15) is 5.82 Å². The lowest BCUT2D eigenvalue weighted by Gasteiger charge is -2.08. The molecule has 1 aromatic carbocycles. The molecule has 18 heavy (non-hydrogen) atoms. The van der Waals surface area contributed by atoms with Crippen LogP contribution in [-0.2, 0) is 9.59 Å². The highest BCUT2D eigenvalue weighted by molar-refractivity contribution is 8.01. The van der Waals surface area contributed by atoms with E-state index in [4.69, 9.17) is 5.11 Å². The van der Waals surface area contributed by atoms with Crippen LogP contribution in [0.1, 0.15) is 12.5 Å². The van der Waals surface area contributed by atoms with Gasteiger partial charge in [-0.2, -0.15) is 0 Å². The summed E-state index contributed by atoms with van der Waals surface area (Å²) in [4.78, 5) is 22.0. The van der Waals surface area contributed by atoms with Crippen molar-refractivity contribution in [2.75, 3.05) is 11.1 Å². The van der Waals surface area contributed by atoms with Crippen molar-refractivity contribution in [1.82, 2.24) is 0 Å². The SMILES string of the molecule is Cc1ccc(NC(=O)CSC(C)C(=O)O)cc1F. The molecule has 0 saturated carbocycles. The average Bonchev–Trinajstić information content (AvgIpc) is 2.30. The van der Waals surface area contributed by atoms with Gasteiger partial charge < -0.3 is 10.4 Å². The normalized spacial score (nSPS) is 11.9. The number of carbonyl (C=O) groups excluding carboxylic acids is 1. The molecule has 98 valence electrons. The van der Waals surface area contributed by atoms with Crippen LogP contribution in [0.15, 0.2) is 18.2 Å². The maximum absolute atomic E-state index is 13.2. The van der Waals surface area contributed by atoms with Crippen molar-refractivity contribution in [1.29, 1.82) is 0 Å². The molecular weight excluding hydrogens is 257 g/mol. The van der Waals surface area contributed by atoms with E-state index in [2.05, 4.69) is 5.32 Å². The molecule has 0 radical (unpaired) electrons. The summed E-state index contributed by atoms with van der Waals surface area (Å²) >= 11 is 1.01. The number of hydrogen-bond acceptors (Lipinski definition) is 3. The molecule has 0 aliphatic rings. The Labute approximate surface area is 109 Å². The molecule has 0 saturated heterocycles. The quantitative estimate of drug-likeness (QED) is 0.862. The molecule has 1 aromatic rings. The van der Waals surface area contributed by atoms with Gasteiger partial charge in [-0.15, -0.1) is 11.8 Å². The van der Waals surface area contributed by atoms with E-state index in [-0.39, 0.29) is 17.5 Å². The standard InChI is InChI=1S/C12H14FNO3S/c1-7-3-4-9(5-10(7)13)14-11(15)6-18-8(2)12(16)17/h3-5,8H,6H2,1-2H3,(H,14,15)(H,16,17). The summed E-state index contributed by atoms with van der Waals surface area (Å²) in [6.07, 6.45) is 0. The van der Waals surface area contributed by atoms with Gasteiger partial charge >= 0.3 is 5.97 Å². The van der Waals surface area contributed by atoms with E-state index in [0.717, 1.165) is 11.8 Å². The zero-order valence-corrected chi connectivity index (χ0v) is 10.9. The van der Waals surface area contributed by atoms with Gasteiger partial charge in [-0.3, -0.25) is 9.59 Å². The summed E-state index contributed by atoms with van der Waals surface area (Å²) in [6.45, 7) is 3.14. The summed E-state index contributed by atoms with van der Waals surface area (Å²) in [7, 11) is 0. The minimum absolute atomic E-state index is 0.0168. The van der Waals surface area contributed by atoms with Crippen LogP contribution in [0.2, 0.25) is 0 Å². The smallest absolute Gasteiger partial charge is 0.316 e. The first-order valence-corrected chi connectivity index (χ1v) is 6.35. The van der Waals surface area contributed by atoms with Gasteiger partial charge in [0.05, 0.1) is 11.0 Å². The third-order valence-electron chi connectivity index (χ3n) is 2.27. The van der Waals surface area contributed by atoms with Crippen LogP contribution in [-0.4, -0.2) is 28.0 Å². The summed E-state index contributed by atoms with van der Waals surface area (Å²) in [6, 6.07) is 4.40. The zero-order valence-electron chi connectivity index (χ0n) is 10.1. The van der Waals surface area contributed by atoms with Crippen molar-refractivity contribution in [3.63, 3.8) is 0 Å². The van der Waals surface area contributed by atoms with Gasteiger partial charge in [-0.25, -0.2) is 4.39 Å². The van der Waals surface area contributed by atoms with E-state index in [1.807, 2.05) is 0 Å². The molecule has 1 atom stereocenters. The van der Waals surface area contributed by atoms with Crippen LogP contribution in [0, 0.1) is 12.7 Å². The first-order valence-electron chi connectivity index (χ1n) is 5.30. The van der Waals surface area contributed by atoms with E-state index in [1.54, 1.807) is 19.1 Å². The molecular formula is C12H14FNO3S. The van der Waals surface area contributed by atoms with Gasteiger partial charge in [0.25, 0.3) is 0 Å². The number of carboxylic acids is 1. The number of hydrogen-bond donors (Lipinski definition) is 2. The van der Waals surface area contributed by atoms with Gasteiger partial charge in [-0.05, 0) is 31.5 Å². The number of halogens is 1. The van der Waals surface area contributed by atoms with Crippen LogP contribution in [0.5, 0.6) is 0 Å². The Kier molecular flexibility index (Phi) is 5.15. The van der Waals surface area contributed by atoms with E-state index in [9.17, 15) is 14.0 Å². The fourth-order valence-electron chi connectivity index (χ4n) is 1.14. The second kappa shape index (κ2) is 6.39. The highest BCUT2D eigenvalue weighted by atomic mass is 32.2. The summed E-state index contributed by atoms with van der Waals surface area (Å²) in [5.41, 5.74) is 0.869. The number of amides is 1. The molecule has 1 unspecified atom stereocenters. The van der Waals surface area contributed by atoms with Gasteiger partial charge in [0.15, 0.2) is 0 Å².